The van der Waals surface area contributed by atoms with Gasteiger partial charge >= 0.3 is 47.8 Å². The number of carbonyl (C=O) groups is 10. The molecule has 0 atom stereocenters. The molecule has 0 saturated carbocycles. The van der Waals surface area contributed by atoms with Crippen LogP contribution in [-0.2, 0) is 62.2 Å². The minimum Gasteiger partial charge on any atom is -0.480 e. The van der Waals surface area contributed by atoms with Gasteiger partial charge in [-0.1, -0.05) is 0 Å². The number of ether oxygens (including phenoxy) is 3. The molecule has 33 nitrogen and oxygen atoms in total. The Morgan fingerprint density at radius 3 is 0.735 bits per heavy atom. The number of nitrogens with zero attached hydrogens (tertiary/aromatic N) is 10. The van der Waals surface area contributed by atoms with Gasteiger partial charge in [-0.3, -0.25) is 96.9 Å². The Bertz CT molecular complexity index is 1780. The van der Waals surface area contributed by atoms with Crippen LogP contribution in [0.3, 0.4) is 0 Å². The zero-order valence-corrected chi connectivity index (χ0v) is 47.6. The van der Waals surface area contributed by atoms with Gasteiger partial charge in [0.2, 0.25) is 11.8 Å². The van der Waals surface area contributed by atoms with E-state index in [9.17, 15) is 88.8 Å². The number of carboxylic acids is 8. The van der Waals surface area contributed by atoms with E-state index in [0.29, 0.717) is 78.3 Å². The van der Waals surface area contributed by atoms with Gasteiger partial charge in [-0.25, -0.2) is 0 Å². The van der Waals surface area contributed by atoms with E-state index in [1.807, 2.05) is 9.80 Å². The highest BCUT2D eigenvalue weighted by Crippen LogP contribution is 2.05. The molecule has 0 aliphatic carbocycles. The fourth-order valence-electron chi connectivity index (χ4n) is 9.06. The Morgan fingerprint density at radius 1 is 0.301 bits per heavy atom. The molecule has 0 unspecified atom stereocenters. The minimum absolute atomic E-state index is 0.179. The predicted octanol–water partition coefficient (Wildman–Crippen LogP) is -6.23. The van der Waals surface area contributed by atoms with Crippen LogP contribution in [0.2, 0.25) is 0 Å². The number of hydrogen-bond acceptors (Lipinski definition) is 23. The number of amides is 2. The molecule has 2 heterocycles. The summed E-state index contributed by atoms with van der Waals surface area (Å²) >= 11 is 0. The number of carbonyl (C=O) groups excluding carboxylic acids is 2. The maximum atomic E-state index is 13.0. The van der Waals surface area contributed by atoms with Crippen LogP contribution in [-0.4, -0.2) is 398 Å². The van der Waals surface area contributed by atoms with Crippen molar-refractivity contribution in [3.05, 3.63) is 0 Å². The second kappa shape index (κ2) is 43.8. The van der Waals surface area contributed by atoms with Crippen molar-refractivity contribution in [2.45, 2.75) is 12.8 Å². The van der Waals surface area contributed by atoms with E-state index in [4.69, 9.17) is 14.2 Å². The molecule has 0 bridgehead atoms. The first-order chi connectivity index (χ1) is 39.5. The Balaban J connectivity index is 1.71. The second-order valence-electron chi connectivity index (χ2n) is 20.2. The van der Waals surface area contributed by atoms with E-state index >= 15 is 0 Å². The monoisotopic (exact) mass is 1190 g/mol. The van der Waals surface area contributed by atoms with Gasteiger partial charge < -0.3 is 65.7 Å². The third-order valence-corrected chi connectivity index (χ3v) is 13.2. The summed E-state index contributed by atoms with van der Waals surface area (Å²) in [5.74, 6) is -9.34. The van der Waals surface area contributed by atoms with E-state index in [2.05, 4.69) is 10.6 Å². The zero-order chi connectivity index (χ0) is 61.4. The van der Waals surface area contributed by atoms with Crippen LogP contribution in [0.5, 0.6) is 0 Å². The summed E-state index contributed by atoms with van der Waals surface area (Å²) in [5.41, 5.74) is 0. The lowest BCUT2D eigenvalue weighted by Gasteiger charge is -2.33. The van der Waals surface area contributed by atoms with Gasteiger partial charge in [-0.05, 0) is 12.8 Å². The SMILES string of the molecule is O=C(O)CN1CCN(CCNC(=O)CN(CCCOCCOCCOCCCN(CC(=O)O)CC(=O)NCCN2CCN(CC(=O)O)CCN(CC(=O)O)CCN(CC(=O)O)CC2)CC(=O)O)CCN(CC(=O)O)CCN(CC(=O)O)CC1. The molecule has 2 aliphatic heterocycles. The standard InChI is InChI=1S/C50H90N12O21/c63-41(51-3-7-53-9-13-55(33-43(65)66)17-21-59(37-47(73)74)22-18-56(14-10-53)34-44(67)68)31-61(39-49(77)78)5-1-25-81-27-29-83-30-28-82-26-2-6-62(40-50(79)80)32-42(64)52-4-8-54-11-15-57(35-45(69)70)19-23-60(38-48(75)76)24-20-58(16-12-54)36-46(71)72/h1-40H2,(H,51,63)(H,52,64)(H,65,66)(H,67,68)(H,69,70)(H,71,72)(H,73,74)(H,75,76)(H,77,78)(H,79,80). The normalized spacial score (nSPS) is 17.2. The highest BCUT2D eigenvalue weighted by Gasteiger charge is 2.24. The summed E-state index contributed by atoms with van der Waals surface area (Å²) in [6.45, 7) is 5.14. The van der Waals surface area contributed by atoms with Crippen LogP contribution >= 0.6 is 0 Å². The molecular weight excluding hydrogens is 1100 g/mol. The van der Waals surface area contributed by atoms with Gasteiger partial charge in [0.1, 0.15) is 0 Å². The van der Waals surface area contributed by atoms with E-state index in [1.165, 1.54) is 9.80 Å². The van der Waals surface area contributed by atoms with E-state index in [-0.39, 0.29) is 184 Å². The van der Waals surface area contributed by atoms with Crippen molar-refractivity contribution in [2.24, 2.45) is 0 Å². The highest BCUT2D eigenvalue weighted by atomic mass is 16.5. The number of aliphatic carboxylic acids is 8. The van der Waals surface area contributed by atoms with Gasteiger partial charge in [-0.15, -0.1) is 0 Å². The Morgan fingerprint density at radius 2 is 0.518 bits per heavy atom. The topological polar surface area (TPSA) is 417 Å². The third-order valence-electron chi connectivity index (χ3n) is 13.2. The molecule has 476 valence electrons. The van der Waals surface area contributed by atoms with Crippen molar-refractivity contribution < 1.29 is 103 Å². The number of hydrogen-bond donors (Lipinski definition) is 10. The van der Waals surface area contributed by atoms with Crippen LogP contribution in [0, 0.1) is 0 Å². The van der Waals surface area contributed by atoms with E-state index in [0.717, 1.165) is 0 Å². The van der Waals surface area contributed by atoms with Gasteiger partial charge in [0.25, 0.3) is 0 Å². The molecule has 2 rings (SSSR count). The molecule has 0 radical (unpaired) electrons. The molecule has 0 aromatic heterocycles. The van der Waals surface area contributed by atoms with Crippen LogP contribution in [0.1, 0.15) is 12.8 Å². The molecule has 83 heavy (non-hydrogen) atoms. The summed E-state index contributed by atoms with van der Waals surface area (Å²) in [4.78, 5) is 135. The lowest BCUT2D eigenvalue weighted by molar-refractivity contribution is -0.140. The minimum atomic E-state index is -1.12. The van der Waals surface area contributed by atoms with Gasteiger partial charge in [-0.2, -0.15) is 0 Å². The Kier molecular flexibility index (Phi) is 38.6. The third kappa shape index (κ3) is 40.1. The zero-order valence-electron chi connectivity index (χ0n) is 47.6. The van der Waals surface area contributed by atoms with Crippen LogP contribution in [0.25, 0.3) is 0 Å². The van der Waals surface area contributed by atoms with Crippen molar-refractivity contribution in [1.29, 1.82) is 0 Å². The molecule has 2 amide bonds. The second-order valence-corrected chi connectivity index (χ2v) is 20.2. The summed E-state index contributed by atoms with van der Waals surface area (Å²) in [6, 6.07) is 0. The van der Waals surface area contributed by atoms with Crippen molar-refractivity contribution in [1.82, 2.24) is 59.6 Å². The maximum absolute atomic E-state index is 13.0. The fraction of sp³-hybridized carbons (Fsp3) is 0.800. The lowest BCUT2D eigenvalue weighted by Crippen LogP contribution is -2.49. The number of rotatable bonds is 40. The molecular formula is C50H90N12O21. The molecule has 0 spiro atoms. The van der Waals surface area contributed by atoms with Crippen LogP contribution in [0.15, 0.2) is 0 Å². The Hall–Kier alpha value is -5.82. The average Bonchev–Trinajstić information content (AvgIpc) is 3.38. The summed E-state index contributed by atoms with van der Waals surface area (Å²) in [5, 5.41) is 81.3. The van der Waals surface area contributed by atoms with Crippen molar-refractivity contribution in [2.75, 3.05) is 249 Å². The van der Waals surface area contributed by atoms with Gasteiger partial charge in [0, 0.05) is 157 Å². The molecule has 2 aliphatic rings. The van der Waals surface area contributed by atoms with Crippen LogP contribution < -0.4 is 10.6 Å². The fourth-order valence-corrected chi connectivity index (χ4v) is 9.06. The largest absolute Gasteiger partial charge is 0.480 e. The first-order valence-electron chi connectivity index (χ1n) is 27.8. The predicted molar refractivity (Wildman–Crippen MR) is 293 cm³/mol. The average molecular weight is 1200 g/mol. The maximum Gasteiger partial charge on any atom is 0.317 e. The number of carboxylic acid groups (broad SMARTS) is 8. The van der Waals surface area contributed by atoms with E-state index < -0.39 is 59.6 Å². The van der Waals surface area contributed by atoms with Gasteiger partial charge in [0.15, 0.2) is 0 Å². The first kappa shape index (κ1) is 73.3. The number of nitrogens with one attached hydrogen (secondary N) is 2. The highest BCUT2D eigenvalue weighted by molar-refractivity contribution is 5.79. The molecule has 2 saturated heterocycles. The molecule has 0 aromatic carbocycles. The van der Waals surface area contributed by atoms with Crippen molar-refractivity contribution in [3.63, 3.8) is 0 Å². The van der Waals surface area contributed by atoms with Crippen molar-refractivity contribution in [3.8, 4) is 0 Å². The summed E-state index contributed by atoms with van der Waals surface area (Å²) in [7, 11) is 0. The molecule has 33 heteroatoms. The van der Waals surface area contributed by atoms with Gasteiger partial charge in [0.05, 0.1) is 91.9 Å². The van der Waals surface area contributed by atoms with Crippen molar-refractivity contribution >= 4 is 59.6 Å². The van der Waals surface area contributed by atoms with Crippen LogP contribution in [0.4, 0.5) is 0 Å². The Labute approximate surface area is 483 Å². The first-order valence-corrected chi connectivity index (χ1v) is 27.8. The lowest BCUT2D eigenvalue weighted by atomic mass is 10.3. The van der Waals surface area contributed by atoms with E-state index in [1.54, 1.807) is 29.4 Å². The molecule has 2 fully saturated rings. The summed E-state index contributed by atoms with van der Waals surface area (Å²) < 4.78 is 16.8. The quantitative estimate of drug-likeness (QED) is 0.0255. The molecule has 0 aromatic rings. The summed E-state index contributed by atoms with van der Waals surface area (Å²) in [6.07, 6.45) is 0.828. The smallest absolute Gasteiger partial charge is 0.317 e. The molecule has 10 N–H and O–H groups in total.